The van der Waals surface area contributed by atoms with Crippen LogP contribution in [-0.4, -0.2) is 6.61 Å². The molecule has 3 aliphatic rings. The van der Waals surface area contributed by atoms with E-state index in [1.807, 2.05) is 0 Å². The lowest BCUT2D eigenvalue weighted by Gasteiger charge is -2.37. The van der Waals surface area contributed by atoms with E-state index >= 15 is 0 Å². The van der Waals surface area contributed by atoms with Crippen LogP contribution in [-0.2, 0) is 0 Å². The largest absolute Gasteiger partial charge is 0.486 e. The van der Waals surface area contributed by atoms with E-state index in [9.17, 15) is 8.78 Å². The van der Waals surface area contributed by atoms with Gasteiger partial charge in [0, 0.05) is 0 Å². The fourth-order valence-electron chi connectivity index (χ4n) is 5.80. The van der Waals surface area contributed by atoms with Crippen LogP contribution >= 0.6 is 0 Å². The van der Waals surface area contributed by atoms with E-state index in [1.54, 1.807) is 19.9 Å². The number of hydrogen-bond acceptors (Lipinski definition) is 1. The molecular formula is C26H36F2O. The van der Waals surface area contributed by atoms with Crippen LogP contribution < -0.4 is 4.74 Å². The van der Waals surface area contributed by atoms with E-state index < -0.39 is 11.6 Å². The first-order valence-electron chi connectivity index (χ1n) is 11.8. The van der Waals surface area contributed by atoms with Crippen LogP contribution in [0.1, 0.15) is 81.8 Å². The zero-order valence-electron chi connectivity index (χ0n) is 18.1. The first-order chi connectivity index (χ1) is 14.0. The monoisotopic (exact) mass is 402 g/mol. The van der Waals surface area contributed by atoms with Crippen LogP contribution in [0.25, 0.3) is 0 Å². The van der Waals surface area contributed by atoms with Gasteiger partial charge < -0.3 is 4.74 Å². The Labute approximate surface area is 174 Å². The second-order valence-corrected chi connectivity index (χ2v) is 9.97. The number of allylic oxidation sites excluding steroid dienone is 1. The Morgan fingerprint density at radius 1 is 0.862 bits per heavy atom. The topological polar surface area (TPSA) is 9.23 Å². The van der Waals surface area contributed by atoms with Gasteiger partial charge in [-0.2, -0.15) is 4.39 Å². The third-order valence-electron chi connectivity index (χ3n) is 7.93. The molecule has 1 aromatic rings. The van der Waals surface area contributed by atoms with Gasteiger partial charge in [0.15, 0.2) is 11.6 Å². The van der Waals surface area contributed by atoms with Crippen molar-refractivity contribution >= 4 is 0 Å². The molecule has 0 heterocycles. The molecule has 0 amide bonds. The zero-order valence-corrected chi connectivity index (χ0v) is 18.1. The van der Waals surface area contributed by atoms with Crippen molar-refractivity contribution in [2.45, 2.75) is 84.5 Å². The van der Waals surface area contributed by atoms with E-state index in [2.05, 4.69) is 6.08 Å². The highest BCUT2D eigenvalue weighted by molar-refractivity contribution is 5.38. The van der Waals surface area contributed by atoms with Crippen molar-refractivity contribution < 1.29 is 13.5 Å². The average molecular weight is 403 g/mol. The van der Waals surface area contributed by atoms with Gasteiger partial charge in [0.05, 0.1) is 0 Å². The SMILES string of the molecule is Cc1cc(C)c(OCC2=CCC(C3CCC(CC4CCC4)CC3)CC2)c(F)c1F. The van der Waals surface area contributed by atoms with Crippen LogP contribution in [0.3, 0.4) is 0 Å². The number of hydrogen-bond donors (Lipinski definition) is 0. The van der Waals surface area contributed by atoms with E-state index in [1.165, 1.54) is 63.4 Å². The number of ether oxygens (including phenoxy) is 1. The molecule has 3 heteroatoms. The van der Waals surface area contributed by atoms with Crippen molar-refractivity contribution in [3.63, 3.8) is 0 Å². The molecule has 0 spiro atoms. The van der Waals surface area contributed by atoms with Crippen molar-refractivity contribution in [1.82, 2.24) is 0 Å². The Balaban J connectivity index is 1.24. The molecule has 0 saturated heterocycles. The molecule has 0 bridgehead atoms. The van der Waals surface area contributed by atoms with Crippen LogP contribution in [0, 0.1) is 49.2 Å². The highest BCUT2D eigenvalue weighted by atomic mass is 19.2. The quantitative estimate of drug-likeness (QED) is 0.443. The minimum Gasteiger partial charge on any atom is -0.486 e. The lowest BCUT2D eigenvalue weighted by molar-refractivity contribution is 0.154. The summed E-state index contributed by atoms with van der Waals surface area (Å²) in [6, 6.07) is 1.65. The molecule has 3 aliphatic carbocycles. The maximum atomic E-state index is 14.2. The smallest absolute Gasteiger partial charge is 0.201 e. The minimum atomic E-state index is -0.851. The summed E-state index contributed by atoms with van der Waals surface area (Å²) in [6.07, 6.45) is 17.3. The molecule has 1 nitrogen and oxygen atoms in total. The van der Waals surface area contributed by atoms with Crippen LogP contribution in [0.15, 0.2) is 17.7 Å². The Kier molecular flexibility index (Phi) is 6.61. The number of aryl methyl sites for hydroxylation is 2. The van der Waals surface area contributed by atoms with Crippen molar-refractivity contribution in [2.75, 3.05) is 6.61 Å². The molecule has 0 aromatic heterocycles. The zero-order chi connectivity index (χ0) is 20.4. The van der Waals surface area contributed by atoms with Crippen molar-refractivity contribution in [3.8, 4) is 5.75 Å². The van der Waals surface area contributed by atoms with E-state index in [-0.39, 0.29) is 5.75 Å². The molecule has 29 heavy (non-hydrogen) atoms. The molecule has 1 aromatic carbocycles. The Morgan fingerprint density at radius 3 is 2.21 bits per heavy atom. The first-order valence-corrected chi connectivity index (χ1v) is 11.8. The van der Waals surface area contributed by atoms with Gasteiger partial charge in [-0.15, -0.1) is 0 Å². The molecule has 0 aliphatic heterocycles. The molecular weight excluding hydrogens is 366 g/mol. The summed E-state index contributed by atoms with van der Waals surface area (Å²) in [5.41, 5.74) is 2.23. The normalized spacial score (nSPS) is 28.0. The molecule has 1 unspecified atom stereocenters. The molecule has 2 saturated carbocycles. The second kappa shape index (κ2) is 9.18. The maximum Gasteiger partial charge on any atom is 0.201 e. The van der Waals surface area contributed by atoms with Crippen LogP contribution in [0.5, 0.6) is 5.75 Å². The summed E-state index contributed by atoms with van der Waals surface area (Å²) in [5.74, 6) is 2.16. The summed E-state index contributed by atoms with van der Waals surface area (Å²) in [6.45, 7) is 3.73. The minimum absolute atomic E-state index is 0.0703. The van der Waals surface area contributed by atoms with Crippen molar-refractivity contribution in [1.29, 1.82) is 0 Å². The number of rotatable bonds is 6. The summed E-state index contributed by atoms with van der Waals surface area (Å²) in [5, 5.41) is 0. The highest BCUT2D eigenvalue weighted by Crippen LogP contribution is 2.43. The number of benzene rings is 1. The summed E-state index contributed by atoms with van der Waals surface area (Å²) in [4.78, 5) is 0. The molecule has 1 atom stereocenters. The number of halogens is 2. The second-order valence-electron chi connectivity index (χ2n) is 9.97. The Bertz CT molecular complexity index is 742. The third-order valence-corrected chi connectivity index (χ3v) is 7.93. The summed E-state index contributed by atoms with van der Waals surface area (Å²) in [7, 11) is 0. The lowest BCUT2D eigenvalue weighted by Crippen LogP contribution is -2.25. The Morgan fingerprint density at radius 2 is 1.59 bits per heavy atom. The van der Waals surface area contributed by atoms with Crippen molar-refractivity contribution in [3.05, 3.63) is 40.5 Å². The van der Waals surface area contributed by atoms with Crippen LogP contribution in [0.4, 0.5) is 8.78 Å². The van der Waals surface area contributed by atoms with Crippen LogP contribution in [0.2, 0.25) is 0 Å². The predicted octanol–water partition coefficient (Wildman–Crippen LogP) is 7.68. The predicted molar refractivity (Wildman–Crippen MR) is 114 cm³/mol. The van der Waals surface area contributed by atoms with Gasteiger partial charge >= 0.3 is 0 Å². The van der Waals surface area contributed by atoms with Gasteiger partial charge in [-0.05, 0) is 98.8 Å². The fourth-order valence-corrected chi connectivity index (χ4v) is 5.80. The first kappa shape index (κ1) is 20.9. The summed E-state index contributed by atoms with van der Waals surface area (Å²) < 4.78 is 33.8. The van der Waals surface area contributed by atoms with Gasteiger partial charge in [0.1, 0.15) is 6.61 Å². The standard InChI is InChI=1S/C26H36F2O/c1-17-14-18(2)26(25(28)24(17)27)29-16-21-8-12-23(13-9-21)22-10-6-20(7-11-22)15-19-4-3-5-19/h8,14,19-20,22-23H,3-7,9-13,15-16H2,1-2H3. The molecule has 160 valence electrons. The van der Waals surface area contributed by atoms with Gasteiger partial charge in [0.2, 0.25) is 5.82 Å². The lowest BCUT2D eigenvalue weighted by atomic mass is 9.68. The average Bonchev–Trinajstić information content (AvgIpc) is 2.70. The molecule has 0 N–H and O–H groups in total. The van der Waals surface area contributed by atoms with Crippen molar-refractivity contribution in [2.24, 2.45) is 23.7 Å². The molecule has 2 fully saturated rings. The van der Waals surface area contributed by atoms with Gasteiger partial charge in [-0.3, -0.25) is 0 Å². The Hall–Kier alpha value is -1.38. The molecule has 0 radical (unpaired) electrons. The van der Waals surface area contributed by atoms with Gasteiger partial charge in [-0.1, -0.05) is 38.2 Å². The highest BCUT2D eigenvalue weighted by Gasteiger charge is 2.30. The van der Waals surface area contributed by atoms with Gasteiger partial charge in [-0.25, -0.2) is 4.39 Å². The summed E-state index contributed by atoms with van der Waals surface area (Å²) >= 11 is 0. The van der Waals surface area contributed by atoms with Gasteiger partial charge in [0.25, 0.3) is 0 Å². The van der Waals surface area contributed by atoms with E-state index in [4.69, 9.17) is 4.74 Å². The van der Waals surface area contributed by atoms with E-state index in [0.717, 1.165) is 36.5 Å². The maximum absolute atomic E-state index is 14.2. The van der Waals surface area contributed by atoms with E-state index in [0.29, 0.717) is 17.7 Å². The fraction of sp³-hybridized carbons (Fsp3) is 0.692. The molecule has 4 rings (SSSR count). The third kappa shape index (κ3) is 4.86.